The Labute approximate surface area is 175 Å². The van der Waals surface area contributed by atoms with Crippen LogP contribution in [0, 0.1) is 6.92 Å². The van der Waals surface area contributed by atoms with Crippen LogP contribution in [0.4, 0.5) is 0 Å². The standard InChI is InChI=1S/C20H31N3O3S.ClH/c1-5-23(6-2)27(25,26)19-11-15(8-7-14(19)3)20(24)22(4)18-12-16-9-10-17(13-18)21-16;/h7-8,11,16-18,21H,5-6,9-10,12-13H2,1-4H3;1H. The maximum absolute atomic E-state index is 13.1. The van der Waals surface area contributed by atoms with Crippen molar-refractivity contribution in [3.05, 3.63) is 29.3 Å². The average Bonchev–Trinajstić information content (AvgIpc) is 2.99. The van der Waals surface area contributed by atoms with Gasteiger partial charge in [-0.1, -0.05) is 19.9 Å². The van der Waals surface area contributed by atoms with Crippen molar-refractivity contribution in [3.8, 4) is 0 Å². The number of carbonyl (C=O) groups is 1. The van der Waals surface area contributed by atoms with E-state index in [2.05, 4.69) is 5.32 Å². The van der Waals surface area contributed by atoms with Gasteiger partial charge in [0.15, 0.2) is 0 Å². The highest BCUT2D eigenvalue weighted by Gasteiger charge is 2.36. The van der Waals surface area contributed by atoms with E-state index in [4.69, 9.17) is 0 Å². The van der Waals surface area contributed by atoms with Crippen LogP contribution in [0.15, 0.2) is 23.1 Å². The van der Waals surface area contributed by atoms with E-state index in [0.717, 1.165) is 12.8 Å². The summed E-state index contributed by atoms with van der Waals surface area (Å²) in [4.78, 5) is 15.1. The van der Waals surface area contributed by atoms with Crippen molar-refractivity contribution in [1.82, 2.24) is 14.5 Å². The van der Waals surface area contributed by atoms with E-state index in [1.165, 1.54) is 17.1 Å². The Bertz CT molecular complexity index is 799. The first kappa shape index (κ1) is 23.1. The largest absolute Gasteiger partial charge is 0.339 e. The molecule has 0 saturated carbocycles. The summed E-state index contributed by atoms with van der Waals surface area (Å²) in [6.07, 6.45) is 4.30. The number of rotatable bonds is 6. The van der Waals surface area contributed by atoms with Crippen molar-refractivity contribution in [3.63, 3.8) is 0 Å². The Morgan fingerprint density at radius 1 is 1.14 bits per heavy atom. The van der Waals surface area contributed by atoms with E-state index in [-0.39, 0.29) is 29.3 Å². The maximum atomic E-state index is 13.1. The van der Waals surface area contributed by atoms with Crippen LogP contribution < -0.4 is 5.32 Å². The normalized spacial score (nSPS) is 24.1. The van der Waals surface area contributed by atoms with Gasteiger partial charge in [-0.05, 0) is 50.3 Å². The van der Waals surface area contributed by atoms with Gasteiger partial charge in [0.1, 0.15) is 0 Å². The van der Waals surface area contributed by atoms with Crippen molar-refractivity contribution < 1.29 is 13.2 Å². The molecule has 1 aromatic rings. The lowest BCUT2D eigenvalue weighted by Crippen LogP contribution is -2.48. The van der Waals surface area contributed by atoms with E-state index in [1.54, 1.807) is 25.1 Å². The summed E-state index contributed by atoms with van der Waals surface area (Å²) in [7, 11) is -1.75. The molecule has 2 saturated heterocycles. The predicted octanol–water partition coefficient (Wildman–Crippen LogP) is 2.80. The predicted molar refractivity (Wildman–Crippen MR) is 114 cm³/mol. The number of carbonyl (C=O) groups excluding carboxylic acids is 1. The van der Waals surface area contributed by atoms with Crippen LogP contribution in [0.25, 0.3) is 0 Å². The lowest BCUT2D eigenvalue weighted by atomic mass is 9.98. The number of amides is 1. The smallest absolute Gasteiger partial charge is 0.253 e. The molecule has 28 heavy (non-hydrogen) atoms. The first-order valence-corrected chi connectivity index (χ1v) is 11.4. The Hall–Kier alpha value is -1.15. The third kappa shape index (κ3) is 4.37. The lowest BCUT2D eigenvalue weighted by molar-refractivity contribution is 0.0681. The number of benzene rings is 1. The quantitative estimate of drug-likeness (QED) is 0.754. The van der Waals surface area contributed by atoms with Gasteiger partial charge in [0.25, 0.3) is 5.91 Å². The second-order valence-corrected chi connectivity index (χ2v) is 9.66. The van der Waals surface area contributed by atoms with Crippen molar-refractivity contribution in [2.24, 2.45) is 0 Å². The molecule has 1 N–H and O–H groups in total. The van der Waals surface area contributed by atoms with Crippen LogP contribution in [-0.4, -0.2) is 61.8 Å². The molecule has 3 rings (SSSR count). The Balaban J connectivity index is 0.00000280. The first-order valence-electron chi connectivity index (χ1n) is 9.91. The molecule has 0 aliphatic carbocycles. The summed E-state index contributed by atoms with van der Waals surface area (Å²) >= 11 is 0. The van der Waals surface area contributed by atoms with Gasteiger partial charge >= 0.3 is 0 Å². The van der Waals surface area contributed by atoms with Crippen molar-refractivity contribution >= 4 is 28.3 Å². The highest BCUT2D eigenvalue weighted by molar-refractivity contribution is 7.89. The van der Waals surface area contributed by atoms with Gasteiger partial charge in [-0.2, -0.15) is 4.31 Å². The summed E-state index contributed by atoms with van der Waals surface area (Å²) in [5.41, 5.74) is 1.11. The third-order valence-corrected chi connectivity index (χ3v) is 8.27. The molecule has 2 heterocycles. The van der Waals surface area contributed by atoms with Gasteiger partial charge in [-0.25, -0.2) is 8.42 Å². The molecule has 1 aromatic carbocycles. The van der Waals surface area contributed by atoms with Crippen LogP contribution in [0.5, 0.6) is 0 Å². The summed E-state index contributed by atoms with van der Waals surface area (Å²) in [6.45, 7) is 6.25. The molecule has 2 aliphatic rings. The molecule has 2 bridgehead atoms. The molecule has 2 aliphatic heterocycles. The zero-order valence-electron chi connectivity index (χ0n) is 17.1. The molecule has 0 aromatic heterocycles. The third-order valence-electron chi connectivity index (χ3n) is 6.07. The minimum Gasteiger partial charge on any atom is -0.339 e. The Morgan fingerprint density at radius 3 is 2.25 bits per heavy atom. The lowest BCUT2D eigenvalue weighted by Gasteiger charge is -2.35. The number of hydrogen-bond acceptors (Lipinski definition) is 4. The Kier molecular flexibility index (Phi) is 7.53. The summed E-state index contributed by atoms with van der Waals surface area (Å²) in [5.74, 6) is -0.0997. The average molecular weight is 430 g/mol. The summed E-state index contributed by atoms with van der Waals surface area (Å²) < 4.78 is 27.3. The molecule has 8 heteroatoms. The van der Waals surface area contributed by atoms with Gasteiger partial charge in [0, 0.05) is 43.8 Å². The van der Waals surface area contributed by atoms with E-state index in [0.29, 0.717) is 36.3 Å². The highest BCUT2D eigenvalue weighted by atomic mass is 35.5. The minimum absolute atomic E-state index is 0. The summed E-state index contributed by atoms with van der Waals surface area (Å²) in [6, 6.07) is 6.24. The molecule has 0 spiro atoms. The molecule has 2 fully saturated rings. The minimum atomic E-state index is -3.59. The molecule has 1 amide bonds. The number of sulfonamides is 1. The number of aryl methyl sites for hydroxylation is 1. The number of fused-ring (bicyclic) bond motifs is 2. The van der Waals surface area contributed by atoms with Gasteiger partial charge in [-0.3, -0.25) is 4.79 Å². The molecule has 2 unspecified atom stereocenters. The van der Waals surface area contributed by atoms with Crippen LogP contribution in [0.1, 0.15) is 55.5 Å². The van der Waals surface area contributed by atoms with Gasteiger partial charge in [0.05, 0.1) is 4.90 Å². The Morgan fingerprint density at radius 2 is 1.71 bits per heavy atom. The van der Waals surface area contributed by atoms with E-state index in [9.17, 15) is 13.2 Å². The number of halogens is 1. The maximum Gasteiger partial charge on any atom is 0.253 e. The molecule has 2 atom stereocenters. The fourth-order valence-electron chi connectivity index (χ4n) is 4.43. The van der Waals surface area contributed by atoms with E-state index in [1.807, 2.05) is 25.8 Å². The SMILES string of the molecule is CCN(CC)S(=O)(=O)c1cc(C(=O)N(C)C2CC3CCC(C2)N3)ccc1C.Cl. The molecular formula is C20H32ClN3O3S. The zero-order chi connectivity index (χ0) is 19.8. The van der Waals surface area contributed by atoms with Gasteiger partial charge in [-0.15, -0.1) is 12.4 Å². The fourth-order valence-corrected chi connectivity index (χ4v) is 6.14. The van der Waals surface area contributed by atoms with Crippen molar-refractivity contribution in [2.75, 3.05) is 20.1 Å². The topological polar surface area (TPSA) is 69.7 Å². The fraction of sp³-hybridized carbons (Fsp3) is 0.650. The molecule has 6 nitrogen and oxygen atoms in total. The molecule has 0 radical (unpaired) electrons. The summed E-state index contributed by atoms with van der Waals surface area (Å²) in [5, 5.41) is 3.59. The van der Waals surface area contributed by atoms with E-state index < -0.39 is 10.0 Å². The van der Waals surface area contributed by atoms with Crippen molar-refractivity contribution in [2.45, 2.75) is 69.5 Å². The van der Waals surface area contributed by atoms with Crippen LogP contribution in [0.2, 0.25) is 0 Å². The number of nitrogens with zero attached hydrogens (tertiary/aromatic N) is 2. The van der Waals surface area contributed by atoms with Crippen LogP contribution in [0.3, 0.4) is 0 Å². The monoisotopic (exact) mass is 429 g/mol. The van der Waals surface area contributed by atoms with E-state index >= 15 is 0 Å². The van der Waals surface area contributed by atoms with Crippen LogP contribution >= 0.6 is 12.4 Å². The second kappa shape index (κ2) is 9.11. The highest BCUT2D eigenvalue weighted by Crippen LogP contribution is 2.30. The van der Waals surface area contributed by atoms with Crippen LogP contribution in [-0.2, 0) is 10.0 Å². The number of piperidine rings is 1. The molecule has 158 valence electrons. The molecular weight excluding hydrogens is 398 g/mol. The second-order valence-electron chi connectivity index (χ2n) is 7.75. The number of hydrogen-bond donors (Lipinski definition) is 1. The van der Waals surface area contributed by atoms with Gasteiger partial charge < -0.3 is 10.2 Å². The number of nitrogens with one attached hydrogen (secondary N) is 1. The first-order chi connectivity index (χ1) is 12.8. The zero-order valence-corrected chi connectivity index (χ0v) is 18.8. The van der Waals surface area contributed by atoms with Crippen molar-refractivity contribution in [1.29, 1.82) is 0 Å². The van der Waals surface area contributed by atoms with Gasteiger partial charge in [0.2, 0.25) is 10.0 Å².